The van der Waals surface area contributed by atoms with Gasteiger partial charge in [-0.1, -0.05) is 35.6 Å². The Morgan fingerprint density at radius 2 is 1.77 bits per heavy atom. The van der Waals surface area contributed by atoms with Crippen LogP contribution < -0.4 is 20.7 Å². The predicted molar refractivity (Wildman–Crippen MR) is 171 cm³/mol. The van der Waals surface area contributed by atoms with Gasteiger partial charge in [0.25, 0.3) is 11.8 Å². The lowest BCUT2D eigenvalue weighted by Gasteiger charge is -2.12. The molecule has 5 aromatic rings. The fourth-order valence-corrected chi connectivity index (χ4v) is 5.53. The maximum atomic E-state index is 13.2. The number of ether oxygens (including phenoxy) is 1. The minimum atomic E-state index is -0.489. The van der Waals surface area contributed by atoms with Gasteiger partial charge in [0, 0.05) is 28.5 Å². The lowest BCUT2D eigenvalue weighted by atomic mass is 10.2. The van der Waals surface area contributed by atoms with Crippen LogP contribution in [0.2, 0.25) is 0 Å². The van der Waals surface area contributed by atoms with E-state index in [0.717, 1.165) is 20.9 Å². The third-order valence-corrected chi connectivity index (χ3v) is 7.87. The molecule has 0 aliphatic rings. The molecular formula is C32H27N5O4S2. The second kappa shape index (κ2) is 14.3. The molecule has 2 heterocycles. The highest BCUT2D eigenvalue weighted by Crippen LogP contribution is 2.29. The average molecular weight is 610 g/mol. The molecule has 5 rings (SSSR count). The highest BCUT2D eigenvalue weighted by Gasteiger charge is 2.15. The van der Waals surface area contributed by atoms with Crippen molar-refractivity contribution in [1.82, 2.24) is 15.3 Å². The van der Waals surface area contributed by atoms with Crippen LogP contribution in [0, 0.1) is 0 Å². The number of carbonyl (C=O) groups is 3. The first kappa shape index (κ1) is 29.5. The molecule has 0 aliphatic heterocycles. The molecule has 3 aromatic carbocycles. The molecule has 43 heavy (non-hydrogen) atoms. The van der Waals surface area contributed by atoms with Gasteiger partial charge in [0.15, 0.2) is 5.13 Å². The summed E-state index contributed by atoms with van der Waals surface area (Å²) in [5.74, 6) is -0.112. The van der Waals surface area contributed by atoms with Gasteiger partial charge in [-0.25, -0.2) is 4.98 Å². The molecular weight excluding hydrogens is 583 g/mol. The van der Waals surface area contributed by atoms with Crippen LogP contribution in [0.4, 0.5) is 10.8 Å². The van der Waals surface area contributed by atoms with Crippen molar-refractivity contribution in [2.75, 3.05) is 23.0 Å². The van der Waals surface area contributed by atoms with E-state index in [2.05, 4.69) is 25.9 Å². The second-order valence-corrected chi connectivity index (χ2v) is 11.1. The lowest BCUT2D eigenvalue weighted by molar-refractivity contribution is -0.114. The quantitative estimate of drug-likeness (QED) is 0.120. The molecule has 0 fully saturated rings. The number of pyridine rings is 1. The first-order chi connectivity index (χ1) is 21.0. The minimum absolute atomic E-state index is 0.0703. The van der Waals surface area contributed by atoms with E-state index in [-0.39, 0.29) is 17.4 Å². The molecule has 0 aliphatic carbocycles. The standard InChI is InChI=1S/C32H27N5O4S2/c1-2-41-24-12-15-26-28(18-24)43-32(36-26)37-29(38)20-42-25-13-10-23(11-14-25)34-31(40)27(17-21-7-6-16-33-19-21)35-30(39)22-8-4-3-5-9-22/h3-19H,2,20H2,1H3,(H,34,40)(H,35,39)(H,36,37,38)/b27-17-. The van der Waals surface area contributed by atoms with Gasteiger partial charge in [-0.2, -0.15) is 0 Å². The van der Waals surface area contributed by atoms with Crippen molar-refractivity contribution < 1.29 is 19.1 Å². The van der Waals surface area contributed by atoms with Crippen LogP contribution in [-0.4, -0.2) is 40.0 Å². The normalized spacial score (nSPS) is 11.1. The summed E-state index contributed by atoms with van der Waals surface area (Å²) in [6.45, 7) is 2.51. The van der Waals surface area contributed by atoms with Crippen molar-refractivity contribution in [2.24, 2.45) is 0 Å². The van der Waals surface area contributed by atoms with Crippen molar-refractivity contribution in [2.45, 2.75) is 11.8 Å². The largest absolute Gasteiger partial charge is 0.494 e. The van der Waals surface area contributed by atoms with E-state index in [1.165, 1.54) is 23.1 Å². The fraction of sp³-hybridized carbons (Fsp3) is 0.0938. The van der Waals surface area contributed by atoms with E-state index in [0.29, 0.717) is 28.6 Å². The molecule has 2 aromatic heterocycles. The zero-order valence-electron chi connectivity index (χ0n) is 23.1. The van der Waals surface area contributed by atoms with Crippen LogP contribution in [0.15, 0.2) is 108 Å². The van der Waals surface area contributed by atoms with Crippen molar-refractivity contribution in [1.29, 1.82) is 0 Å². The van der Waals surface area contributed by atoms with Gasteiger partial charge >= 0.3 is 0 Å². The lowest BCUT2D eigenvalue weighted by Crippen LogP contribution is -2.30. The third-order valence-electron chi connectivity index (χ3n) is 5.92. The van der Waals surface area contributed by atoms with E-state index in [1.54, 1.807) is 67.0 Å². The van der Waals surface area contributed by atoms with E-state index < -0.39 is 11.8 Å². The molecule has 3 N–H and O–H groups in total. The van der Waals surface area contributed by atoms with Crippen molar-refractivity contribution in [3.05, 3.63) is 114 Å². The fourth-order valence-electron chi connectivity index (χ4n) is 3.92. The maximum absolute atomic E-state index is 13.2. The van der Waals surface area contributed by atoms with Crippen LogP contribution in [-0.2, 0) is 9.59 Å². The van der Waals surface area contributed by atoms with Crippen LogP contribution in [0.1, 0.15) is 22.8 Å². The van der Waals surface area contributed by atoms with E-state index in [4.69, 9.17) is 4.74 Å². The number of thiazole rings is 1. The molecule has 0 radical (unpaired) electrons. The predicted octanol–water partition coefficient (Wildman–Crippen LogP) is 6.23. The Bertz CT molecular complexity index is 1760. The van der Waals surface area contributed by atoms with Gasteiger partial charge in [0.05, 0.1) is 22.6 Å². The molecule has 216 valence electrons. The molecule has 0 atom stereocenters. The summed E-state index contributed by atoms with van der Waals surface area (Å²) in [4.78, 5) is 47.9. The number of rotatable bonds is 11. The van der Waals surface area contributed by atoms with Crippen LogP contribution >= 0.6 is 23.1 Å². The molecule has 0 bridgehead atoms. The molecule has 0 unspecified atom stereocenters. The Morgan fingerprint density at radius 3 is 2.51 bits per heavy atom. The number of nitrogens with one attached hydrogen (secondary N) is 3. The minimum Gasteiger partial charge on any atom is -0.494 e. The molecule has 3 amide bonds. The van der Waals surface area contributed by atoms with E-state index in [1.807, 2.05) is 43.3 Å². The number of hydrogen-bond acceptors (Lipinski definition) is 8. The first-order valence-electron chi connectivity index (χ1n) is 13.3. The highest BCUT2D eigenvalue weighted by molar-refractivity contribution is 8.00. The summed E-state index contributed by atoms with van der Waals surface area (Å²) in [7, 11) is 0. The summed E-state index contributed by atoms with van der Waals surface area (Å²) in [6, 6.07) is 24.9. The third kappa shape index (κ3) is 8.28. The maximum Gasteiger partial charge on any atom is 0.272 e. The monoisotopic (exact) mass is 609 g/mol. The summed E-state index contributed by atoms with van der Waals surface area (Å²) >= 11 is 2.76. The Kier molecular flexibility index (Phi) is 9.78. The summed E-state index contributed by atoms with van der Waals surface area (Å²) in [5, 5.41) is 8.91. The number of nitrogens with zero attached hydrogens (tertiary/aromatic N) is 2. The Balaban J connectivity index is 1.18. The SMILES string of the molecule is CCOc1ccc2nc(NC(=O)CSc3ccc(NC(=O)/C(=C/c4cccnc4)NC(=O)c4ccccc4)cc3)sc2c1. The number of aromatic nitrogens is 2. The number of carbonyl (C=O) groups excluding carboxylic acids is 3. The molecule has 0 saturated carbocycles. The van der Waals surface area contributed by atoms with Gasteiger partial charge in [-0.05, 0) is 79.2 Å². The van der Waals surface area contributed by atoms with Gasteiger partial charge in [0.2, 0.25) is 5.91 Å². The van der Waals surface area contributed by atoms with Gasteiger partial charge in [-0.15, -0.1) is 11.8 Å². The van der Waals surface area contributed by atoms with Gasteiger partial charge < -0.3 is 20.7 Å². The number of hydrogen-bond donors (Lipinski definition) is 3. The van der Waals surface area contributed by atoms with Gasteiger partial charge in [0.1, 0.15) is 11.4 Å². The zero-order chi connectivity index (χ0) is 30.0. The van der Waals surface area contributed by atoms with E-state index in [9.17, 15) is 14.4 Å². The molecule has 0 saturated heterocycles. The molecule has 0 spiro atoms. The van der Waals surface area contributed by atoms with Crippen LogP contribution in [0.5, 0.6) is 5.75 Å². The van der Waals surface area contributed by atoms with E-state index >= 15 is 0 Å². The van der Waals surface area contributed by atoms with Crippen LogP contribution in [0.3, 0.4) is 0 Å². The summed E-state index contributed by atoms with van der Waals surface area (Å²) in [6.07, 6.45) is 4.79. The number of anilines is 2. The average Bonchev–Trinajstić information content (AvgIpc) is 3.43. The first-order valence-corrected chi connectivity index (χ1v) is 15.1. The number of thioether (sulfide) groups is 1. The zero-order valence-corrected chi connectivity index (χ0v) is 24.7. The Hall–Kier alpha value is -5.00. The summed E-state index contributed by atoms with van der Waals surface area (Å²) in [5.41, 5.74) is 2.49. The number of amides is 3. The highest BCUT2D eigenvalue weighted by atomic mass is 32.2. The number of fused-ring (bicyclic) bond motifs is 1. The molecule has 9 nitrogen and oxygen atoms in total. The second-order valence-electron chi connectivity index (χ2n) is 9.06. The Morgan fingerprint density at radius 1 is 0.953 bits per heavy atom. The number of benzene rings is 3. The van der Waals surface area contributed by atoms with Crippen molar-refractivity contribution >= 4 is 67.9 Å². The smallest absolute Gasteiger partial charge is 0.272 e. The van der Waals surface area contributed by atoms with Gasteiger partial charge in [-0.3, -0.25) is 19.4 Å². The van der Waals surface area contributed by atoms with Crippen molar-refractivity contribution in [3.8, 4) is 5.75 Å². The molecule has 11 heteroatoms. The van der Waals surface area contributed by atoms with Crippen LogP contribution in [0.25, 0.3) is 16.3 Å². The summed E-state index contributed by atoms with van der Waals surface area (Å²) < 4.78 is 6.47. The van der Waals surface area contributed by atoms with Crippen molar-refractivity contribution in [3.63, 3.8) is 0 Å². The Labute approximate surface area is 256 Å². The topological polar surface area (TPSA) is 122 Å².